The van der Waals surface area contributed by atoms with E-state index in [1.807, 2.05) is 0 Å². The van der Waals surface area contributed by atoms with Gasteiger partial charge in [0.25, 0.3) is 0 Å². The third kappa shape index (κ3) is 37.1. The fraction of sp³-hybridized carbons (Fsp3) is 0.833. The fourth-order valence-corrected chi connectivity index (χ4v) is 0.500. The van der Waals surface area contributed by atoms with Crippen molar-refractivity contribution >= 4 is 6.47 Å². The average Bonchev–Trinajstić information content (AvgIpc) is 1.67. The smallest absolute Gasteiger partial charge is 0.0764 e. The van der Waals surface area contributed by atoms with Crippen LogP contribution in [0.3, 0.4) is 0 Å². The highest BCUT2D eigenvalue weighted by molar-refractivity contribution is 5.29. The Hall–Kier alpha value is -0.570. The molecule has 0 aliphatic carbocycles. The highest BCUT2D eigenvalue weighted by Crippen LogP contribution is 1.58. The normalized spacial score (nSPS) is 8.00. The number of quaternary nitrogens is 1. The van der Waals surface area contributed by atoms with Crippen molar-refractivity contribution in [3.63, 3.8) is 0 Å². The minimum atomic E-state index is -0.500. The monoisotopic (exact) mass is 133 g/mol. The molecule has 0 bridgehead atoms. The molecule has 0 aliphatic heterocycles. The van der Waals surface area contributed by atoms with Gasteiger partial charge in [-0.2, -0.15) is 0 Å². The zero-order chi connectivity index (χ0) is 7.70. The van der Waals surface area contributed by atoms with Crippen LogP contribution in [-0.4, -0.2) is 27.1 Å². The molecule has 0 saturated heterocycles. The minimum absolute atomic E-state index is 0.500. The van der Waals surface area contributed by atoms with Gasteiger partial charge in [-0.3, -0.25) is 0 Å². The van der Waals surface area contributed by atoms with Crippen LogP contribution in [0.5, 0.6) is 0 Å². The van der Waals surface area contributed by atoms with Crippen LogP contribution in [0, 0.1) is 0 Å². The van der Waals surface area contributed by atoms with E-state index in [4.69, 9.17) is 9.90 Å². The van der Waals surface area contributed by atoms with E-state index < -0.39 is 6.47 Å². The highest BCUT2D eigenvalue weighted by atomic mass is 16.3. The zero-order valence-electron chi connectivity index (χ0n) is 6.31. The zero-order valence-corrected chi connectivity index (χ0v) is 6.31. The summed E-state index contributed by atoms with van der Waals surface area (Å²) in [4.78, 5) is 9.79. The molecule has 0 heterocycles. The fourth-order valence-electron chi connectivity index (χ4n) is 0.500. The molecule has 0 aromatic carbocycles. The van der Waals surface area contributed by atoms with Gasteiger partial charge in [-0.15, -0.1) is 0 Å². The maximum atomic E-state index is 8.25. The standard InChI is InChI=1S/C5H13N.CH2O2/c1-4-5-6(2)3;2-1-3/h4-5H2,1-3H3;1H,(H,2,3). The first-order chi connectivity index (χ1) is 4.18. The molecule has 56 valence electrons. The van der Waals surface area contributed by atoms with Crippen LogP contribution >= 0.6 is 0 Å². The second kappa shape index (κ2) is 10.4. The molecule has 0 rings (SSSR count). The van der Waals surface area contributed by atoms with Crippen LogP contribution < -0.4 is 10.0 Å². The molecule has 0 saturated carbocycles. The van der Waals surface area contributed by atoms with E-state index >= 15 is 0 Å². The molecular weight excluding hydrogens is 118 g/mol. The molecule has 0 spiro atoms. The molecule has 0 aromatic rings. The summed E-state index contributed by atoms with van der Waals surface area (Å²) < 4.78 is 0. The summed E-state index contributed by atoms with van der Waals surface area (Å²) in [5.74, 6) is 0. The van der Waals surface area contributed by atoms with Crippen LogP contribution in [0.25, 0.3) is 0 Å². The Labute approximate surface area is 56.3 Å². The van der Waals surface area contributed by atoms with E-state index in [1.54, 1.807) is 0 Å². The lowest BCUT2D eigenvalue weighted by Crippen LogP contribution is -3.05. The predicted molar refractivity (Wildman–Crippen MR) is 34.0 cm³/mol. The molecule has 1 N–H and O–H groups in total. The van der Waals surface area contributed by atoms with Gasteiger partial charge >= 0.3 is 0 Å². The van der Waals surface area contributed by atoms with Crippen LogP contribution in [-0.2, 0) is 4.79 Å². The summed E-state index contributed by atoms with van der Waals surface area (Å²) in [7, 11) is 4.34. The third-order valence-corrected chi connectivity index (χ3v) is 0.750. The van der Waals surface area contributed by atoms with Crippen molar-refractivity contribution in [1.82, 2.24) is 0 Å². The molecule has 3 heteroatoms. The molecule has 0 fully saturated rings. The van der Waals surface area contributed by atoms with Crippen LogP contribution in [0.1, 0.15) is 13.3 Å². The van der Waals surface area contributed by atoms with E-state index in [2.05, 4.69) is 21.0 Å². The van der Waals surface area contributed by atoms with Crippen LogP contribution in [0.15, 0.2) is 0 Å². The van der Waals surface area contributed by atoms with Gasteiger partial charge in [0, 0.05) is 6.47 Å². The number of hydrogen-bond acceptors (Lipinski definition) is 2. The van der Waals surface area contributed by atoms with Gasteiger partial charge in [-0.1, -0.05) is 6.92 Å². The van der Waals surface area contributed by atoms with E-state index in [0.29, 0.717) is 0 Å². The van der Waals surface area contributed by atoms with Gasteiger partial charge in [-0.25, -0.2) is 0 Å². The molecule has 0 atom stereocenters. The summed E-state index contributed by atoms with van der Waals surface area (Å²) in [5, 5.41) is 8.25. The van der Waals surface area contributed by atoms with Crippen LogP contribution in [0.2, 0.25) is 0 Å². The van der Waals surface area contributed by atoms with E-state index in [1.165, 1.54) is 17.9 Å². The Bertz CT molecular complexity index is 55.0. The van der Waals surface area contributed by atoms with Gasteiger partial charge in [-0.05, 0) is 6.42 Å². The van der Waals surface area contributed by atoms with Gasteiger partial charge in [0.15, 0.2) is 0 Å². The lowest BCUT2D eigenvalue weighted by Gasteiger charge is -2.01. The second-order valence-electron chi connectivity index (χ2n) is 2.05. The lowest BCUT2D eigenvalue weighted by molar-refractivity contribution is -0.858. The molecular formula is C6H15NO2. The topological polar surface area (TPSA) is 44.6 Å². The summed E-state index contributed by atoms with van der Waals surface area (Å²) in [6, 6.07) is 0. The Morgan fingerprint density at radius 2 is 1.89 bits per heavy atom. The van der Waals surface area contributed by atoms with Gasteiger partial charge in [0.05, 0.1) is 20.6 Å². The predicted octanol–water partition coefficient (Wildman–Crippen LogP) is -2.09. The van der Waals surface area contributed by atoms with E-state index in [9.17, 15) is 0 Å². The average molecular weight is 133 g/mol. The lowest BCUT2D eigenvalue weighted by atomic mass is 10.5. The number of carbonyl (C=O) groups excluding carboxylic acids is 1. The number of carboxylic acid groups (broad SMARTS) is 1. The number of nitrogens with one attached hydrogen (secondary N) is 1. The van der Waals surface area contributed by atoms with Crippen molar-refractivity contribution in [1.29, 1.82) is 0 Å². The molecule has 3 nitrogen and oxygen atoms in total. The Morgan fingerprint density at radius 3 is 1.89 bits per heavy atom. The van der Waals surface area contributed by atoms with Crippen LogP contribution in [0.4, 0.5) is 0 Å². The molecule has 9 heavy (non-hydrogen) atoms. The van der Waals surface area contributed by atoms with Gasteiger partial charge < -0.3 is 14.8 Å². The van der Waals surface area contributed by atoms with Gasteiger partial charge in [0.1, 0.15) is 0 Å². The maximum Gasteiger partial charge on any atom is 0.0764 e. The molecule has 0 aromatic heterocycles. The number of rotatable bonds is 2. The summed E-state index contributed by atoms with van der Waals surface area (Å²) >= 11 is 0. The van der Waals surface area contributed by atoms with Crippen molar-refractivity contribution in [2.75, 3.05) is 20.6 Å². The van der Waals surface area contributed by atoms with Crippen molar-refractivity contribution in [2.24, 2.45) is 0 Å². The molecule has 0 unspecified atom stereocenters. The molecule has 0 radical (unpaired) electrons. The molecule has 0 amide bonds. The first kappa shape index (κ1) is 11.3. The van der Waals surface area contributed by atoms with Crippen molar-refractivity contribution < 1.29 is 14.8 Å². The van der Waals surface area contributed by atoms with E-state index in [-0.39, 0.29) is 0 Å². The van der Waals surface area contributed by atoms with E-state index in [0.717, 1.165) is 0 Å². The second-order valence-corrected chi connectivity index (χ2v) is 2.05. The van der Waals surface area contributed by atoms with Gasteiger partial charge in [0.2, 0.25) is 0 Å². The Morgan fingerprint density at radius 1 is 1.56 bits per heavy atom. The first-order valence-corrected chi connectivity index (χ1v) is 3.03. The summed E-state index contributed by atoms with van der Waals surface area (Å²) in [6.45, 7) is 2.99. The Balaban J connectivity index is 0. The van der Waals surface area contributed by atoms with Crippen molar-refractivity contribution in [3.05, 3.63) is 0 Å². The SMILES string of the molecule is CCC[NH+](C)C.O=C[O-]. The maximum absolute atomic E-state index is 8.25. The largest absolute Gasteiger partial charge is 0.554 e. The number of hydrogen-bond donors (Lipinski definition) is 1. The minimum Gasteiger partial charge on any atom is -0.554 e. The number of carbonyl (C=O) groups is 1. The molecule has 0 aliphatic rings. The quantitative estimate of drug-likeness (QED) is 0.439. The summed E-state index contributed by atoms with van der Waals surface area (Å²) in [6.07, 6.45) is 1.29. The first-order valence-electron chi connectivity index (χ1n) is 3.03. The third-order valence-electron chi connectivity index (χ3n) is 0.750. The van der Waals surface area contributed by atoms with Crippen molar-refractivity contribution in [2.45, 2.75) is 13.3 Å². The summed E-state index contributed by atoms with van der Waals surface area (Å²) in [5.41, 5.74) is 0. The highest BCUT2D eigenvalue weighted by Gasteiger charge is 1.83. The Kier molecular flexibility index (Phi) is 13.0. The van der Waals surface area contributed by atoms with Crippen molar-refractivity contribution in [3.8, 4) is 0 Å².